The number of hydrogen-bond acceptors (Lipinski definition) is 2. The van der Waals surface area contributed by atoms with Gasteiger partial charge in [-0.1, -0.05) is 0 Å². The van der Waals surface area contributed by atoms with Gasteiger partial charge in [-0.15, -0.1) is 0 Å². The number of carbonyl (C=O) groups is 1. The standard InChI is InChI=1S/C11H22N4O/c1-9(2)15(8-10(12)13)11(16)14-6-4-3-5-7-14/h9H,3-8H2,1-2H3,(H3,12,13). The first kappa shape index (κ1) is 12.8. The van der Waals surface area contributed by atoms with Crippen LogP contribution in [0.25, 0.3) is 0 Å². The van der Waals surface area contributed by atoms with Crippen LogP contribution in [0.3, 0.4) is 0 Å². The van der Waals surface area contributed by atoms with Crippen molar-refractivity contribution in [3.63, 3.8) is 0 Å². The number of piperidine rings is 1. The van der Waals surface area contributed by atoms with Crippen LogP contribution in [-0.2, 0) is 0 Å². The number of nitrogens with two attached hydrogens (primary N) is 1. The van der Waals surface area contributed by atoms with Crippen LogP contribution in [-0.4, -0.2) is 47.3 Å². The van der Waals surface area contributed by atoms with Gasteiger partial charge in [-0.3, -0.25) is 5.41 Å². The van der Waals surface area contributed by atoms with Gasteiger partial charge in [0.1, 0.15) is 5.84 Å². The smallest absolute Gasteiger partial charge is 0.320 e. The van der Waals surface area contributed by atoms with E-state index in [1.807, 2.05) is 18.7 Å². The molecule has 1 aliphatic rings. The van der Waals surface area contributed by atoms with E-state index in [1.165, 1.54) is 6.42 Å². The zero-order chi connectivity index (χ0) is 12.1. The summed E-state index contributed by atoms with van der Waals surface area (Å²) in [6.45, 7) is 5.79. The largest absolute Gasteiger partial charge is 0.386 e. The molecule has 0 saturated carbocycles. The van der Waals surface area contributed by atoms with E-state index in [2.05, 4.69) is 0 Å². The first-order valence-electron chi connectivity index (χ1n) is 5.91. The molecule has 1 aliphatic heterocycles. The molecule has 0 unspecified atom stereocenters. The van der Waals surface area contributed by atoms with Crippen molar-refractivity contribution >= 4 is 11.9 Å². The van der Waals surface area contributed by atoms with E-state index in [9.17, 15) is 4.79 Å². The Morgan fingerprint density at radius 1 is 1.38 bits per heavy atom. The average molecular weight is 226 g/mol. The summed E-state index contributed by atoms with van der Waals surface area (Å²) in [5.41, 5.74) is 5.37. The molecular weight excluding hydrogens is 204 g/mol. The fourth-order valence-corrected chi connectivity index (χ4v) is 1.92. The molecule has 0 atom stereocenters. The maximum atomic E-state index is 12.2. The normalized spacial score (nSPS) is 16.3. The molecule has 0 bridgehead atoms. The van der Waals surface area contributed by atoms with Crippen molar-refractivity contribution in [2.75, 3.05) is 19.6 Å². The number of hydrogen-bond donors (Lipinski definition) is 2. The number of amidine groups is 1. The number of nitrogens with one attached hydrogen (secondary N) is 1. The molecule has 0 aromatic heterocycles. The Kier molecular flexibility index (Phi) is 4.58. The van der Waals surface area contributed by atoms with Crippen LogP contribution in [0.1, 0.15) is 33.1 Å². The summed E-state index contributed by atoms with van der Waals surface area (Å²) >= 11 is 0. The van der Waals surface area contributed by atoms with E-state index >= 15 is 0 Å². The molecule has 1 saturated heterocycles. The highest BCUT2D eigenvalue weighted by atomic mass is 16.2. The van der Waals surface area contributed by atoms with Gasteiger partial charge in [0, 0.05) is 19.1 Å². The molecule has 0 radical (unpaired) electrons. The minimum Gasteiger partial charge on any atom is -0.386 e. The zero-order valence-corrected chi connectivity index (χ0v) is 10.2. The number of rotatable bonds is 3. The van der Waals surface area contributed by atoms with Gasteiger partial charge in [0.15, 0.2) is 0 Å². The molecule has 0 aromatic rings. The van der Waals surface area contributed by atoms with E-state index in [0.29, 0.717) is 0 Å². The topological polar surface area (TPSA) is 73.4 Å². The quantitative estimate of drug-likeness (QED) is 0.561. The van der Waals surface area contributed by atoms with E-state index in [0.717, 1.165) is 25.9 Å². The van der Waals surface area contributed by atoms with Gasteiger partial charge in [-0.05, 0) is 33.1 Å². The first-order chi connectivity index (χ1) is 7.52. The summed E-state index contributed by atoms with van der Waals surface area (Å²) in [5, 5.41) is 7.29. The third-order valence-corrected chi connectivity index (χ3v) is 2.84. The Bertz CT molecular complexity index is 259. The Morgan fingerprint density at radius 3 is 2.38 bits per heavy atom. The minimum atomic E-state index is 0.0184. The van der Waals surface area contributed by atoms with Crippen molar-refractivity contribution in [2.24, 2.45) is 5.73 Å². The van der Waals surface area contributed by atoms with Crippen LogP contribution >= 0.6 is 0 Å². The lowest BCUT2D eigenvalue weighted by Gasteiger charge is -2.34. The maximum Gasteiger partial charge on any atom is 0.320 e. The van der Waals surface area contributed by atoms with Gasteiger partial charge in [0.25, 0.3) is 0 Å². The van der Waals surface area contributed by atoms with Gasteiger partial charge in [0.05, 0.1) is 6.54 Å². The monoisotopic (exact) mass is 226 g/mol. The van der Waals surface area contributed by atoms with E-state index in [1.54, 1.807) is 4.90 Å². The summed E-state index contributed by atoms with van der Waals surface area (Å²) in [6, 6.07) is 0.100. The molecule has 0 aromatic carbocycles. The molecule has 0 aliphatic carbocycles. The highest BCUT2D eigenvalue weighted by Crippen LogP contribution is 2.12. The minimum absolute atomic E-state index is 0.0184. The zero-order valence-electron chi connectivity index (χ0n) is 10.2. The van der Waals surface area contributed by atoms with E-state index in [-0.39, 0.29) is 24.5 Å². The first-order valence-corrected chi connectivity index (χ1v) is 5.91. The second-order valence-electron chi connectivity index (χ2n) is 4.58. The van der Waals surface area contributed by atoms with E-state index < -0.39 is 0 Å². The number of nitrogens with zero attached hydrogens (tertiary/aromatic N) is 2. The van der Waals surface area contributed by atoms with Gasteiger partial charge >= 0.3 is 6.03 Å². The van der Waals surface area contributed by atoms with Crippen molar-refractivity contribution in [2.45, 2.75) is 39.2 Å². The van der Waals surface area contributed by atoms with Gasteiger partial charge in [-0.25, -0.2) is 4.79 Å². The average Bonchev–Trinajstić information content (AvgIpc) is 2.25. The van der Waals surface area contributed by atoms with Crippen LogP contribution < -0.4 is 5.73 Å². The molecule has 5 heteroatoms. The maximum absolute atomic E-state index is 12.2. The molecule has 2 amide bonds. The molecule has 3 N–H and O–H groups in total. The lowest BCUT2D eigenvalue weighted by Crippen LogP contribution is -2.50. The lowest BCUT2D eigenvalue weighted by atomic mass is 10.1. The van der Waals surface area contributed by atoms with Crippen LogP contribution in [0.5, 0.6) is 0 Å². The van der Waals surface area contributed by atoms with Crippen molar-refractivity contribution < 1.29 is 4.79 Å². The Balaban J connectivity index is 2.61. The Hall–Kier alpha value is -1.26. The van der Waals surface area contributed by atoms with Crippen LogP contribution in [0.4, 0.5) is 4.79 Å². The van der Waals surface area contributed by atoms with Gasteiger partial charge < -0.3 is 15.5 Å². The Morgan fingerprint density at radius 2 is 1.94 bits per heavy atom. The third kappa shape index (κ3) is 3.40. The summed E-state index contributed by atoms with van der Waals surface area (Å²) < 4.78 is 0. The molecule has 1 heterocycles. The number of amides is 2. The molecule has 1 fully saturated rings. The van der Waals surface area contributed by atoms with Crippen LogP contribution in [0.15, 0.2) is 0 Å². The molecule has 16 heavy (non-hydrogen) atoms. The third-order valence-electron chi connectivity index (χ3n) is 2.84. The molecule has 1 rings (SSSR count). The Labute approximate surface area is 97.1 Å². The lowest BCUT2D eigenvalue weighted by molar-refractivity contribution is 0.138. The summed E-state index contributed by atoms with van der Waals surface area (Å²) in [5.74, 6) is 0.0408. The number of likely N-dealkylation sites (tertiary alicyclic amines) is 1. The van der Waals surface area contributed by atoms with Crippen molar-refractivity contribution in [1.29, 1.82) is 5.41 Å². The SMILES string of the molecule is CC(C)N(CC(=N)N)C(=O)N1CCCCC1. The highest BCUT2D eigenvalue weighted by molar-refractivity contribution is 5.84. The summed E-state index contributed by atoms with van der Waals surface area (Å²) in [6.07, 6.45) is 3.37. The number of carbonyl (C=O) groups excluding carboxylic acids is 1. The second kappa shape index (κ2) is 5.72. The van der Waals surface area contributed by atoms with Crippen molar-refractivity contribution in [3.05, 3.63) is 0 Å². The predicted octanol–water partition coefficient (Wildman–Crippen LogP) is 1.24. The molecule has 92 valence electrons. The molecule has 0 spiro atoms. The van der Waals surface area contributed by atoms with Crippen molar-refractivity contribution in [3.8, 4) is 0 Å². The second-order valence-corrected chi connectivity index (χ2v) is 4.58. The fourth-order valence-electron chi connectivity index (χ4n) is 1.92. The fraction of sp³-hybridized carbons (Fsp3) is 0.818. The highest BCUT2D eigenvalue weighted by Gasteiger charge is 2.24. The summed E-state index contributed by atoms with van der Waals surface area (Å²) in [7, 11) is 0. The van der Waals surface area contributed by atoms with Gasteiger partial charge in [-0.2, -0.15) is 0 Å². The number of urea groups is 1. The van der Waals surface area contributed by atoms with Crippen LogP contribution in [0.2, 0.25) is 0 Å². The predicted molar refractivity (Wildman–Crippen MR) is 64.6 cm³/mol. The van der Waals surface area contributed by atoms with Gasteiger partial charge in [0.2, 0.25) is 0 Å². The molecule has 5 nitrogen and oxygen atoms in total. The van der Waals surface area contributed by atoms with E-state index in [4.69, 9.17) is 11.1 Å². The van der Waals surface area contributed by atoms with Crippen molar-refractivity contribution in [1.82, 2.24) is 9.80 Å². The van der Waals surface area contributed by atoms with Crippen LogP contribution in [0, 0.1) is 5.41 Å². The molecular formula is C11H22N4O. The summed E-state index contributed by atoms with van der Waals surface area (Å²) in [4.78, 5) is 15.7.